The molecule has 0 aliphatic carbocycles. The second-order valence-corrected chi connectivity index (χ2v) is 4.32. The molecule has 0 N–H and O–H groups in total. The van der Waals surface area contributed by atoms with E-state index in [0.29, 0.717) is 6.04 Å². The zero-order valence-electron chi connectivity index (χ0n) is 9.39. The molecule has 0 unspecified atom stereocenters. The van der Waals surface area contributed by atoms with Crippen molar-refractivity contribution in [2.75, 3.05) is 13.2 Å². The van der Waals surface area contributed by atoms with Crippen LogP contribution in [-0.4, -0.2) is 27.7 Å². The van der Waals surface area contributed by atoms with Crippen LogP contribution in [0.5, 0.6) is 0 Å². The third-order valence-electron chi connectivity index (χ3n) is 3.28. The van der Waals surface area contributed by atoms with Crippen LogP contribution in [0, 0.1) is 6.92 Å². The van der Waals surface area contributed by atoms with Crippen LogP contribution >= 0.6 is 0 Å². The van der Waals surface area contributed by atoms with Crippen molar-refractivity contribution in [3.63, 3.8) is 0 Å². The predicted octanol–water partition coefficient (Wildman–Crippen LogP) is 2.09. The third kappa shape index (κ3) is 1.50. The molecular formula is C12H15N3O. The summed E-state index contributed by atoms with van der Waals surface area (Å²) in [7, 11) is 0. The van der Waals surface area contributed by atoms with Gasteiger partial charge in [0.2, 0.25) is 0 Å². The molecule has 0 atom stereocenters. The van der Waals surface area contributed by atoms with E-state index >= 15 is 0 Å². The minimum absolute atomic E-state index is 0.528. The Hall–Kier alpha value is -1.42. The van der Waals surface area contributed by atoms with E-state index < -0.39 is 0 Å². The molecular weight excluding hydrogens is 202 g/mol. The highest BCUT2D eigenvalue weighted by atomic mass is 16.5. The fourth-order valence-corrected chi connectivity index (χ4v) is 2.39. The smallest absolute Gasteiger partial charge is 0.143 e. The van der Waals surface area contributed by atoms with Gasteiger partial charge in [-0.25, -0.2) is 9.97 Å². The lowest BCUT2D eigenvalue weighted by Crippen LogP contribution is -2.19. The lowest BCUT2D eigenvalue weighted by Gasteiger charge is -2.23. The normalized spacial score (nSPS) is 18.1. The molecule has 1 aliphatic rings. The standard InChI is InChI=1S/C12H15N3O/c1-9-7-15(10-2-4-16-5-3-10)12-11(9)6-13-8-14-12/h6-8,10H,2-5H2,1H3. The van der Waals surface area contributed by atoms with Crippen LogP contribution in [0.25, 0.3) is 11.0 Å². The van der Waals surface area contributed by atoms with Crippen molar-refractivity contribution in [3.05, 3.63) is 24.3 Å². The lowest BCUT2D eigenvalue weighted by molar-refractivity contribution is 0.0705. The molecule has 3 rings (SSSR count). The molecule has 0 radical (unpaired) electrons. The van der Waals surface area contributed by atoms with Gasteiger partial charge in [0.15, 0.2) is 0 Å². The number of hydrogen-bond donors (Lipinski definition) is 0. The SMILES string of the molecule is Cc1cn(C2CCOCC2)c2ncncc12. The summed E-state index contributed by atoms with van der Waals surface area (Å²) >= 11 is 0. The zero-order chi connectivity index (χ0) is 11.0. The molecule has 3 heterocycles. The van der Waals surface area contributed by atoms with Gasteiger partial charge in [0.25, 0.3) is 0 Å². The Morgan fingerprint density at radius 3 is 3.00 bits per heavy atom. The molecule has 2 aromatic heterocycles. The Balaban J connectivity index is 2.08. The van der Waals surface area contributed by atoms with Crippen LogP contribution in [0.3, 0.4) is 0 Å². The summed E-state index contributed by atoms with van der Waals surface area (Å²) in [5.41, 5.74) is 2.31. The number of aromatic nitrogens is 3. The molecule has 1 fully saturated rings. The Kier molecular flexibility index (Phi) is 2.36. The van der Waals surface area contributed by atoms with Crippen molar-refractivity contribution in [2.24, 2.45) is 0 Å². The quantitative estimate of drug-likeness (QED) is 0.734. The van der Waals surface area contributed by atoms with Crippen LogP contribution in [-0.2, 0) is 4.74 Å². The summed E-state index contributed by atoms with van der Waals surface area (Å²) in [6, 6.07) is 0.528. The van der Waals surface area contributed by atoms with Gasteiger partial charge in [-0.15, -0.1) is 0 Å². The van der Waals surface area contributed by atoms with Gasteiger partial charge in [-0.05, 0) is 25.3 Å². The van der Waals surface area contributed by atoms with E-state index in [1.165, 1.54) is 5.56 Å². The highest BCUT2D eigenvalue weighted by Crippen LogP contribution is 2.27. The summed E-state index contributed by atoms with van der Waals surface area (Å²) in [5, 5.41) is 1.16. The first kappa shape index (κ1) is 9.78. The number of nitrogens with zero attached hydrogens (tertiary/aromatic N) is 3. The van der Waals surface area contributed by atoms with Gasteiger partial charge in [0.1, 0.15) is 12.0 Å². The maximum Gasteiger partial charge on any atom is 0.143 e. The number of rotatable bonds is 1. The summed E-state index contributed by atoms with van der Waals surface area (Å²) in [5.74, 6) is 0. The molecule has 4 nitrogen and oxygen atoms in total. The second kappa shape index (κ2) is 3.87. The fourth-order valence-electron chi connectivity index (χ4n) is 2.39. The van der Waals surface area contributed by atoms with Gasteiger partial charge in [-0.3, -0.25) is 0 Å². The van der Waals surface area contributed by atoms with Crippen molar-refractivity contribution in [3.8, 4) is 0 Å². The number of fused-ring (bicyclic) bond motifs is 1. The molecule has 1 saturated heterocycles. The van der Waals surface area contributed by atoms with Gasteiger partial charge < -0.3 is 9.30 Å². The summed E-state index contributed by atoms with van der Waals surface area (Å²) in [6.45, 7) is 3.82. The Morgan fingerprint density at radius 1 is 1.38 bits per heavy atom. The maximum absolute atomic E-state index is 5.39. The first-order valence-corrected chi connectivity index (χ1v) is 5.71. The van der Waals surface area contributed by atoms with E-state index in [1.807, 2.05) is 6.20 Å². The molecule has 0 spiro atoms. The van der Waals surface area contributed by atoms with E-state index in [0.717, 1.165) is 37.1 Å². The largest absolute Gasteiger partial charge is 0.381 e. The average Bonchev–Trinajstić information content (AvgIpc) is 2.69. The van der Waals surface area contributed by atoms with Gasteiger partial charge in [-0.2, -0.15) is 0 Å². The fraction of sp³-hybridized carbons (Fsp3) is 0.500. The number of ether oxygens (including phenoxy) is 1. The van der Waals surface area contributed by atoms with Crippen LogP contribution in [0.1, 0.15) is 24.4 Å². The van der Waals surface area contributed by atoms with Crippen LogP contribution < -0.4 is 0 Å². The van der Waals surface area contributed by atoms with Crippen molar-refractivity contribution < 1.29 is 4.74 Å². The van der Waals surface area contributed by atoms with Crippen LogP contribution in [0.2, 0.25) is 0 Å². The lowest BCUT2D eigenvalue weighted by atomic mass is 10.1. The second-order valence-electron chi connectivity index (χ2n) is 4.32. The first-order valence-electron chi connectivity index (χ1n) is 5.71. The van der Waals surface area contributed by atoms with E-state index in [4.69, 9.17) is 4.74 Å². The molecule has 16 heavy (non-hydrogen) atoms. The van der Waals surface area contributed by atoms with Gasteiger partial charge >= 0.3 is 0 Å². The minimum atomic E-state index is 0.528. The third-order valence-corrected chi connectivity index (χ3v) is 3.28. The average molecular weight is 217 g/mol. The molecule has 0 amide bonds. The summed E-state index contributed by atoms with van der Waals surface area (Å²) in [6.07, 6.45) is 7.86. The van der Waals surface area contributed by atoms with Crippen LogP contribution in [0.4, 0.5) is 0 Å². The van der Waals surface area contributed by atoms with E-state index in [1.54, 1.807) is 6.33 Å². The maximum atomic E-state index is 5.39. The van der Waals surface area contributed by atoms with Crippen molar-refractivity contribution in [1.29, 1.82) is 0 Å². The predicted molar refractivity (Wildman–Crippen MR) is 61.4 cm³/mol. The van der Waals surface area contributed by atoms with Crippen molar-refractivity contribution >= 4 is 11.0 Å². The van der Waals surface area contributed by atoms with E-state index in [2.05, 4.69) is 27.7 Å². The highest BCUT2D eigenvalue weighted by molar-refractivity contribution is 5.79. The Labute approximate surface area is 94.3 Å². The van der Waals surface area contributed by atoms with Crippen molar-refractivity contribution in [2.45, 2.75) is 25.8 Å². The number of aryl methyl sites for hydroxylation is 1. The highest BCUT2D eigenvalue weighted by Gasteiger charge is 2.18. The van der Waals surface area contributed by atoms with Gasteiger partial charge in [-0.1, -0.05) is 0 Å². The molecule has 0 saturated carbocycles. The Bertz CT molecular complexity index is 500. The van der Waals surface area contributed by atoms with Crippen molar-refractivity contribution in [1.82, 2.24) is 14.5 Å². The molecule has 4 heteroatoms. The monoisotopic (exact) mass is 217 g/mol. The minimum Gasteiger partial charge on any atom is -0.381 e. The number of hydrogen-bond acceptors (Lipinski definition) is 3. The van der Waals surface area contributed by atoms with E-state index in [-0.39, 0.29) is 0 Å². The molecule has 0 aromatic carbocycles. The van der Waals surface area contributed by atoms with Gasteiger partial charge in [0.05, 0.1) is 0 Å². The molecule has 0 bridgehead atoms. The van der Waals surface area contributed by atoms with Gasteiger partial charge in [0, 0.05) is 37.0 Å². The topological polar surface area (TPSA) is 39.9 Å². The Morgan fingerprint density at radius 2 is 2.19 bits per heavy atom. The molecule has 84 valence electrons. The molecule has 1 aliphatic heterocycles. The summed E-state index contributed by atoms with van der Waals surface area (Å²) in [4.78, 5) is 8.47. The zero-order valence-corrected chi connectivity index (χ0v) is 9.39. The van der Waals surface area contributed by atoms with E-state index in [9.17, 15) is 0 Å². The van der Waals surface area contributed by atoms with Crippen LogP contribution in [0.15, 0.2) is 18.7 Å². The first-order chi connectivity index (χ1) is 7.86. The summed E-state index contributed by atoms with van der Waals surface area (Å²) < 4.78 is 7.68. The molecule has 2 aromatic rings.